The Morgan fingerprint density at radius 1 is 1.10 bits per heavy atom. The Kier molecular flexibility index (Phi) is 3.58. The van der Waals surface area contributed by atoms with Crippen LogP contribution in [0.15, 0.2) is 4.52 Å². The number of nitrogens with zero attached hydrogens (tertiary/aromatic N) is 2. The molecule has 1 aromatic heterocycles. The Morgan fingerprint density at radius 2 is 1.80 bits per heavy atom. The van der Waals surface area contributed by atoms with Crippen molar-refractivity contribution in [2.45, 2.75) is 76.5 Å². The van der Waals surface area contributed by atoms with E-state index in [1.165, 1.54) is 6.42 Å². The van der Waals surface area contributed by atoms with E-state index in [-0.39, 0.29) is 18.1 Å². The van der Waals surface area contributed by atoms with E-state index in [0.29, 0.717) is 17.6 Å². The monoisotopic (exact) mass is 279 g/mol. The summed E-state index contributed by atoms with van der Waals surface area (Å²) in [5.74, 6) is 1.95. The molecule has 20 heavy (non-hydrogen) atoms. The first kappa shape index (κ1) is 14.0. The third-order valence-electron chi connectivity index (χ3n) is 5.16. The van der Waals surface area contributed by atoms with Crippen molar-refractivity contribution in [3.63, 3.8) is 0 Å². The van der Waals surface area contributed by atoms with E-state index < -0.39 is 5.54 Å². The van der Waals surface area contributed by atoms with Crippen LogP contribution in [0.5, 0.6) is 0 Å². The van der Waals surface area contributed by atoms with Gasteiger partial charge in [0.2, 0.25) is 5.89 Å². The molecule has 3 rings (SSSR count). The first-order valence-corrected chi connectivity index (χ1v) is 7.80. The average molecular weight is 279 g/mol. The van der Waals surface area contributed by atoms with E-state index >= 15 is 0 Å². The molecular formula is C15H25N3O2. The van der Waals surface area contributed by atoms with Gasteiger partial charge in [-0.25, -0.2) is 0 Å². The Balaban J connectivity index is 1.83. The molecule has 2 heterocycles. The molecule has 4 atom stereocenters. The summed E-state index contributed by atoms with van der Waals surface area (Å²) in [6.45, 7) is 6.36. The summed E-state index contributed by atoms with van der Waals surface area (Å²) >= 11 is 0. The van der Waals surface area contributed by atoms with Crippen molar-refractivity contribution < 1.29 is 9.26 Å². The average Bonchev–Trinajstić information content (AvgIpc) is 2.97. The minimum absolute atomic E-state index is 0.119. The molecular weight excluding hydrogens is 254 g/mol. The highest BCUT2D eigenvalue weighted by atomic mass is 16.5. The van der Waals surface area contributed by atoms with Gasteiger partial charge in [0, 0.05) is 0 Å². The number of aromatic nitrogens is 2. The predicted molar refractivity (Wildman–Crippen MR) is 75.2 cm³/mol. The van der Waals surface area contributed by atoms with E-state index in [1.807, 2.05) is 0 Å². The fraction of sp³-hybridized carbons (Fsp3) is 0.867. The molecule has 0 aromatic carbocycles. The van der Waals surface area contributed by atoms with Gasteiger partial charge in [-0.05, 0) is 32.6 Å². The second kappa shape index (κ2) is 5.11. The highest BCUT2D eigenvalue weighted by molar-refractivity contribution is 5.09. The minimum atomic E-state index is -0.391. The lowest BCUT2D eigenvalue weighted by atomic mass is 9.82. The van der Waals surface area contributed by atoms with Crippen molar-refractivity contribution >= 4 is 0 Å². The zero-order valence-corrected chi connectivity index (χ0v) is 12.6. The zero-order valence-electron chi connectivity index (χ0n) is 12.6. The van der Waals surface area contributed by atoms with Crippen LogP contribution in [0, 0.1) is 5.92 Å². The minimum Gasteiger partial charge on any atom is -0.374 e. The first-order valence-electron chi connectivity index (χ1n) is 7.80. The van der Waals surface area contributed by atoms with Gasteiger partial charge in [-0.2, -0.15) is 4.98 Å². The summed E-state index contributed by atoms with van der Waals surface area (Å²) in [7, 11) is 0. The Labute approximate surface area is 120 Å². The fourth-order valence-corrected chi connectivity index (χ4v) is 3.67. The van der Waals surface area contributed by atoms with Crippen molar-refractivity contribution in [2.24, 2.45) is 11.7 Å². The van der Waals surface area contributed by atoms with Crippen molar-refractivity contribution in [3.05, 3.63) is 11.7 Å². The third kappa shape index (κ3) is 2.27. The van der Waals surface area contributed by atoms with E-state index in [9.17, 15) is 0 Å². The molecule has 1 saturated carbocycles. The molecule has 2 N–H and O–H groups in total. The number of hydrogen-bond acceptors (Lipinski definition) is 5. The van der Waals surface area contributed by atoms with Gasteiger partial charge in [0.1, 0.15) is 0 Å². The number of hydrogen-bond donors (Lipinski definition) is 1. The van der Waals surface area contributed by atoms with Gasteiger partial charge in [-0.15, -0.1) is 0 Å². The molecule has 0 radical (unpaired) electrons. The summed E-state index contributed by atoms with van der Waals surface area (Å²) in [6.07, 6.45) is 5.81. The van der Waals surface area contributed by atoms with Crippen molar-refractivity contribution in [3.8, 4) is 0 Å². The van der Waals surface area contributed by atoms with E-state index in [0.717, 1.165) is 25.7 Å². The van der Waals surface area contributed by atoms with Gasteiger partial charge in [-0.1, -0.05) is 31.3 Å². The third-order valence-corrected chi connectivity index (χ3v) is 5.16. The molecule has 5 heteroatoms. The second-order valence-electron chi connectivity index (χ2n) is 6.60. The maximum atomic E-state index is 6.47. The Morgan fingerprint density at radius 3 is 2.40 bits per heavy atom. The summed E-state index contributed by atoms with van der Waals surface area (Å²) in [6, 6.07) is 0. The Hall–Kier alpha value is -0.940. The molecule has 0 spiro atoms. The van der Waals surface area contributed by atoms with Crippen LogP contribution >= 0.6 is 0 Å². The largest absolute Gasteiger partial charge is 0.374 e. The summed E-state index contributed by atoms with van der Waals surface area (Å²) in [5, 5.41) is 4.18. The summed E-state index contributed by atoms with van der Waals surface area (Å²) in [4.78, 5) is 4.64. The zero-order chi connectivity index (χ0) is 14.3. The normalized spacial score (nSPS) is 37.2. The highest BCUT2D eigenvalue weighted by Crippen LogP contribution is 2.40. The summed E-state index contributed by atoms with van der Waals surface area (Å²) < 4.78 is 11.4. The van der Waals surface area contributed by atoms with Crippen LogP contribution in [0.2, 0.25) is 0 Å². The molecule has 0 bridgehead atoms. The predicted octanol–water partition coefficient (Wildman–Crippen LogP) is 2.71. The van der Waals surface area contributed by atoms with Gasteiger partial charge in [0.25, 0.3) is 0 Å². The maximum absolute atomic E-state index is 6.47. The van der Waals surface area contributed by atoms with Crippen molar-refractivity contribution in [2.75, 3.05) is 0 Å². The fourth-order valence-electron chi connectivity index (χ4n) is 3.67. The van der Waals surface area contributed by atoms with E-state index in [2.05, 4.69) is 30.9 Å². The number of ether oxygens (including phenoxy) is 1. The van der Waals surface area contributed by atoms with Gasteiger partial charge < -0.3 is 15.0 Å². The number of rotatable bonds is 2. The molecule has 2 fully saturated rings. The summed E-state index contributed by atoms with van der Waals surface area (Å²) in [5.41, 5.74) is 6.08. The van der Waals surface area contributed by atoms with Gasteiger partial charge >= 0.3 is 0 Å². The molecule has 2 aliphatic rings. The highest BCUT2D eigenvalue weighted by Gasteiger charge is 2.43. The SMILES string of the molecule is CC1OC(C)C(c2nc(C3(N)CCCCC3)no2)C1C. The molecule has 1 aromatic rings. The van der Waals surface area contributed by atoms with E-state index in [1.54, 1.807) is 0 Å². The molecule has 1 aliphatic carbocycles. The first-order chi connectivity index (χ1) is 9.51. The van der Waals surface area contributed by atoms with Crippen LogP contribution in [-0.4, -0.2) is 22.3 Å². The lowest BCUT2D eigenvalue weighted by Crippen LogP contribution is -2.39. The maximum Gasteiger partial charge on any atom is 0.232 e. The van der Waals surface area contributed by atoms with Crippen LogP contribution in [0.25, 0.3) is 0 Å². The van der Waals surface area contributed by atoms with Gasteiger partial charge in [0.15, 0.2) is 5.82 Å². The molecule has 112 valence electrons. The molecule has 4 unspecified atom stereocenters. The standard InChI is InChI=1S/C15H25N3O2/c1-9-10(2)19-11(3)12(9)13-17-14(18-20-13)15(16)7-5-4-6-8-15/h9-12H,4-8,16H2,1-3H3. The molecule has 5 nitrogen and oxygen atoms in total. The molecule has 0 amide bonds. The second-order valence-corrected chi connectivity index (χ2v) is 6.60. The lowest BCUT2D eigenvalue weighted by Gasteiger charge is -2.29. The smallest absolute Gasteiger partial charge is 0.232 e. The van der Waals surface area contributed by atoms with Crippen LogP contribution in [0.3, 0.4) is 0 Å². The van der Waals surface area contributed by atoms with Crippen molar-refractivity contribution in [1.29, 1.82) is 0 Å². The quantitative estimate of drug-likeness (QED) is 0.901. The molecule has 1 saturated heterocycles. The molecule has 1 aliphatic heterocycles. The van der Waals surface area contributed by atoms with Gasteiger partial charge in [-0.3, -0.25) is 0 Å². The number of nitrogens with two attached hydrogens (primary N) is 1. The van der Waals surface area contributed by atoms with E-state index in [4.69, 9.17) is 15.0 Å². The van der Waals surface area contributed by atoms with Gasteiger partial charge in [0.05, 0.1) is 23.7 Å². The van der Waals surface area contributed by atoms with Crippen LogP contribution in [0.4, 0.5) is 0 Å². The topological polar surface area (TPSA) is 74.2 Å². The van der Waals surface area contributed by atoms with Crippen LogP contribution < -0.4 is 5.73 Å². The Bertz CT molecular complexity index is 467. The lowest BCUT2D eigenvalue weighted by molar-refractivity contribution is 0.0542. The van der Waals surface area contributed by atoms with Crippen molar-refractivity contribution in [1.82, 2.24) is 10.1 Å². The van der Waals surface area contributed by atoms with Crippen LogP contribution in [0.1, 0.15) is 70.5 Å². The van der Waals surface area contributed by atoms with Crippen LogP contribution in [-0.2, 0) is 10.3 Å².